The standard InChI is InChI=1S/C19H26N2O4/c1-14(19(24)25-3)12-20(2)18(23)16-11-17(22)21(13-16)10-9-15-7-5-4-6-8-15/h4-8,14,16H,9-13H2,1-3H3. The van der Waals surface area contributed by atoms with Crippen LogP contribution in [0.25, 0.3) is 0 Å². The van der Waals surface area contributed by atoms with E-state index in [4.69, 9.17) is 0 Å². The van der Waals surface area contributed by atoms with E-state index in [-0.39, 0.29) is 36.0 Å². The van der Waals surface area contributed by atoms with Crippen LogP contribution >= 0.6 is 0 Å². The van der Waals surface area contributed by atoms with E-state index in [2.05, 4.69) is 4.74 Å². The molecular weight excluding hydrogens is 320 g/mol. The highest BCUT2D eigenvalue weighted by Crippen LogP contribution is 2.20. The van der Waals surface area contributed by atoms with Crippen molar-refractivity contribution in [2.75, 3.05) is 33.8 Å². The predicted molar refractivity (Wildman–Crippen MR) is 93.7 cm³/mol. The van der Waals surface area contributed by atoms with Crippen LogP contribution in [0.3, 0.4) is 0 Å². The number of carbonyl (C=O) groups is 3. The molecule has 2 unspecified atom stereocenters. The van der Waals surface area contributed by atoms with E-state index in [9.17, 15) is 14.4 Å². The van der Waals surface area contributed by atoms with Crippen molar-refractivity contribution in [2.45, 2.75) is 19.8 Å². The van der Waals surface area contributed by atoms with Gasteiger partial charge in [-0.05, 0) is 12.0 Å². The van der Waals surface area contributed by atoms with Crippen molar-refractivity contribution < 1.29 is 19.1 Å². The average Bonchev–Trinajstić information content (AvgIpc) is 3.00. The summed E-state index contributed by atoms with van der Waals surface area (Å²) >= 11 is 0. The van der Waals surface area contributed by atoms with E-state index in [1.165, 1.54) is 17.6 Å². The number of esters is 1. The first-order valence-electron chi connectivity index (χ1n) is 8.57. The second-order valence-corrected chi connectivity index (χ2v) is 6.62. The number of methoxy groups -OCH3 is 1. The lowest BCUT2D eigenvalue weighted by Gasteiger charge is -2.23. The van der Waals surface area contributed by atoms with Crippen molar-refractivity contribution in [1.29, 1.82) is 0 Å². The number of likely N-dealkylation sites (tertiary alicyclic amines) is 1. The molecule has 1 aliphatic rings. The molecule has 1 aliphatic heterocycles. The Morgan fingerprint density at radius 2 is 2.00 bits per heavy atom. The molecule has 6 heteroatoms. The highest BCUT2D eigenvalue weighted by atomic mass is 16.5. The SMILES string of the molecule is COC(=O)C(C)CN(C)C(=O)C1CC(=O)N(CCc2ccccc2)C1. The van der Waals surface area contributed by atoms with Gasteiger partial charge >= 0.3 is 5.97 Å². The second kappa shape index (κ2) is 8.65. The zero-order valence-electron chi connectivity index (χ0n) is 15.1. The maximum Gasteiger partial charge on any atom is 0.310 e. The molecule has 2 amide bonds. The fourth-order valence-electron chi connectivity index (χ4n) is 3.15. The van der Waals surface area contributed by atoms with Crippen molar-refractivity contribution >= 4 is 17.8 Å². The number of rotatable bonds is 7. The van der Waals surface area contributed by atoms with Gasteiger partial charge in [0.2, 0.25) is 11.8 Å². The Labute approximate surface area is 148 Å². The van der Waals surface area contributed by atoms with Crippen LogP contribution < -0.4 is 0 Å². The lowest BCUT2D eigenvalue weighted by Crippen LogP contribution is -2.39. The van der Waals surface area contributed by atoms with Crippen molar-refractivity contribution in [3.8, 4) is 0 Å². The van der Waals surface area contributed by atoms with Gasteiger partial charge in [-0.15, -0.1) is 0 Å². The van der Waals surface area contributed by atoms with Crippen LogP contribution in [-0.4, -0.2) is 61.4 Å². The largest absolute Gasteiger partial charge is 0.469 e. The molecular formula is C19H26N2O4. The van der Waals surface area contributed by atoms with Gasteiger partial charge in [-0.3, -0.25) is 14.4 Å². The molecule has 1 aromatic carbocycles. The molecule has 0 saturated carbocycles. The molecule has 2 rings (SSSR count). The van der Waals surface area contributed by atoms with Gasteiger partial charge in [0.05, 0.1) is 18.9 Å². The number of ether oxygens (including phenoxy) is 1. The molecule has 1 aromatic rings. The molecule has 25 heavy (non-hydrogen) atoms. The Balaban J connectivity index is 1.86. The fourth-order valence-corrected chi connectivity index (χ4v) is 3.15. The molecule has 0 radical (unpaired) electrons. The van der Waals surface area contributed by atoms with Crippen LogP contribution in [-0.2, 0) is 25.5 Å². The summed E-state index contributed by atoms with van der Waals surface area (Å²) in [6.45, 7) is 3.08. The predicted octanol–water partition coefficient (Wildman–Crippen LogP) is 1.35. The molecule has 2 atom stereocenters. The summed E-state index contributed by atoms with van der Waals surface area (Å²) in [6, 6.07) is 9.98. The number of nitrogens with zero attached hydrogens (tertiary/aromatic N) is 2. The molecule has 0 aromatic heterocycles. The summed E-state index contributed by atoms with van der Waals surface area (Å²) in [4.78, 5) is 39.5. The third-order valence-electron chi connectivity index (χ3n) is 4.60. The van der Waals surface area contributed by atoms with Crippen molar-refractivity contribution in [3.05, 3.63) is 35.9 Å². The normalized spacial score (nSPS) is 18.1. The molecule has 0 bridgehead atoms. The second-order valence-electron chi connectivity index (χ2n) is 6.62. The number of amides is 2. The zero-order valence-corrected chi connectivity index (χ0v) is 15.1. The van der Waals surface area contributed by atoms with Gasteiger partial charge in [0.15, 0.2) is 0 Å². The first-order chi connectivity index (χ1) is 11.9. The first kappa shape index (κ1) is 19.0. The summed E-state index contributed by atoms with van der Waals surface area (Å²) in [5.41, 5.74) is 1.18. The number of carbonyl (C=O) groups excluding carboxylic acids is 3. The lowest BCUT2D eigenvalue weighted by atomic mass is 10.1. The van der Waals surface area contributed by atoms with Gasteiger partial charge < -0.3 is 14.5 Å². The number of hydrogen-bond acceptors (Lipinski definition) is 4. The summed E-state index contributed by atoms with van der Waals surface area (Å²) < 4.78 is 4.69. The van der Waals surface area contributed by atoms with E-state index in [0.29, 0.717) is 19.6 Å². The van der Waals surface area contributed by atoms with Gasteiger partial charge in [-0.1, -0.05) is 37.3 Å². The van der Waals surface area contributed by atoms with E-state index in [1.807, 2.05) is 30.3 Å². The quantitative estimate of drug-likeness (QED) is 0.699. The van der Waals surface area contributed by atoms with Gasteiger partial charge in [-0.25, -0.2) is 0 Å². The third-order valence-corrected chi connectivity index (χ3v) is 4.60. The van der Waals surface area contributed by atoms with E-state index < -0.39 is 0 Å². The minimum atomic E-state index is -0.384. The Bertz CT molecular complexity index is 617. The van der Waals surface area contributed by atoms with Crippen molar-refractivity contribution in [2.24, 2.45) is 11.8 Å². The monoisotopic (exact) mass is 346 g/mol. The van der Waals surface area contributed by atoms with Gasteiger partial charge in [0.1, 0.15) is 0 Å². The smallest absolute Gasteiger partial charge is 0.310 e. The van der Waals surface area contributed by atoms with Crippen molar-refractivity contribution in [1.82, 2.24) is 9.80 Å². The minimum absolute atomic E-state index is 0.0173. The zero-order chi connectivity index (χ0) is 18.4. The molecule has 1 saturated heterocycles. The maximum atomic E-state index is 12.6. The van der Waals surface area contributed by atoms with Crippen LogP contribution in [0.2, 0.25) is 0 Å². The Morgan fingerprint density at radius 1 is 1.32 bits per heavy atom. The van der Waals surface area contributed by atoms with E-state index >= 15 is 0 Å². The summed E-state index contributed by atoms with van der Waals surface area (Å²) in [6.07, 6.45) is 1.02. The van der Waals surface area contributed by atoms with Crippen molar-refractivity contribution in [3.63, 3.8) is 0 Å². The highest BCUT2D eigenvalue weighted by molar-refractivity contribution is 5.89. The molecule has 0 N–H and O–H groups in total. The molecule has 0 aliphatic carbocycles. The minimum Gasteiger partial charge on any atom is -0.469 e. The van der Waals surface area contributed by atoms with Crippen LogP contribution in [0.1, 0.15) is 18.9 Å². The maximum absolute atomic E-state index is 12.6. The lowest BCUT2D eigenvalue weighted by molar-refractivity contribution is -0.146. The van der Waals surface area contributed by atoms with Crippen LogP contribution in [0.5, 0.6) is 0 Å². The molecule has 1 fully saturated rings. The average molecular weight is 346 g/mol. The Hall–Kier alpha value is -2.37. The fraction of sp³-hybridized carbons (Fsp3) is 0.526. The molecule has 136 valence electrons. The van der Waals surface area contributed by atoms with E-state index in [1.54, 1.807) is 18.9 Å². The molecule has 0 spiro atoms. The summed E-state index contributed by atoms with van der Waals surface area (Å²) in [5.74, 6) is -1.13. The summed E-state index contributed by atoms with van der Waals surface area (Å²) in [7, 11) is 3.00. The van der Waals surface area contributed by atoms with Crippen LogP contribution in [0.15, 0.2) is 30.3 Å². The first-order valence-corrected chi connectivity index (χ1v) is 8.57. The topological polar surface area (TPSA) is 66.9 Å². The third kappa shape index (κ3) is 5.05. The number of hydrogen-bond donors (Lipinski definition) is 0. The van der Waals surface area contributed by atoms with Gasteiger partial charge in [-0.2, -0.15) is 0 Å². The van der Waals surface area contributed by atoms with Gasteiger partial charge in [0.25, 0.3) is 0 Å². The Kier molecular flexibility index (Phi) is 6.56. The highest BCUT2D eigenvalue weighted by Gasteiger charge is 2.36. The number of benzene rings is 1. The van der Waals surface area contributed by atoms with E-state index in [0.717, 1.165) is 6.42 Å². The van der Waals surface area contributed by atoms with Crippen LogP contribution in [0, 0.1) is 11.8 Å². The summed E-state index contributed by atoms with van der Waals surface area (Å²) in [5, 5.41) is 0. The van der Waals surface area contributed by atoms with Gasteiger partial charge in [0, 0.05) is 33.1 Å². The molecule has 1 heterocycles. The molecule has 6 nitrogen and oxygen atoms in total. The Morgan fingerprint density at radius 3 is 2.64 bits per heavy atom. The van der Waals surface area contributed by atoms with Crippen LogP contribution in [0.4, 0.5) is 0 Å².